The summed E-state index contributed by atoms with van der Waals surface area (Å²) in [5.74, 6) is -1.61. The highest BCUT2D eigenvalue weighted by molar-refractivity contribution is 5.92. The fourth-order valence-corrected chi connectivity index (χ4v) is 2.69. The van der Waals surface area contributed by atoms with Crippen molar-refractivity contribution in [2.45, 2.75) is 0 Å². The maximum absolute atomic E-state index is 12.1. The van der Waals surface area contributed by atoms with Crippen LogP contribution in [0.5, 0.6) is 11.5 Å². The van der Waals surface area contributed by atoms with Crippen LogP contribution in [0, 0.1) is 20.2 Å². The van der Waals surface area contributed by atoms with Crippen LogP contribution in [0.3, 0.4) is 0 Å². The minimum Gasteiger partial charge on any atom is -0.867 e. The van der Waals surface area contributed by atoms with Gasteiger partial charge in [-0.25, -0.2) is 0 Å². The molecule has 0 aliphatic heterocycles. The standard InChI is InChI=1S/C20H16N6O6/c21-13-7-14(22)16(24-10-12-4-2-6-18(20(12)28)26(31)32)8-15(13)23-9-11-3-1-5-17(19(11)27)25(29)30/h1-10,27-28H,21-22H2/p-2. The number of hydrogen-bond donors (Lipinski definition) is 2. The number of nitro benzene ring substituents is 2. The predicted molar refractivity (Wildman–Crippen MR) is 115 cm³/mol. The minimum absolute atomic E-state index is 0.0203. The number of benzene rings is 3. The molecule has 12 heteroatoms. The molecule has 0 radical (unpaired) electrons. The highest BCUT2D eigenvalue weighted by atomic mass is 16.6. The van der Waals surface area contributed by atoms with Crippen LogP contribution in [0.1, 0.15) is 11.1 Å². The molecule has 0 heterocycles. The molecule has 12 nitrogen and oxygen atoms in total. The number of nitrogen functional groups attached to an aromatic ring is 2. The van der Waals surface area contributed by atoms with Crippen molar-refractivity contribution in [2.24, 2.45) is 9.98 Å². The Morgan fingerprint density at radius 1 is 0.719 bits per heavy atom. The number of rotatable bonds is 6. The lowest BCUT2D eigenvalue weighted by atomic mass is 10.1. The largest absolute Gasteiger partial charge is 0.867 e. The fraction of sp³-hybridized carbons (Fsp3) is 0. The normalized spacial score (nSPS) is 11.2. The molecule has 32 heavy (non-hydrogen) atoms. The highest BCUT2D eigenvalue weighted by Crippen LogP contribution is 2.34. The van der Waals surface area contributed by atoms with E-state index in [-0.39, 0.29) is 33.9 Å². The number of nitrogens with two attached hydrogens (primary N) is 2. The van der Waals surface area contributed by atoms with Crippen LogP contribution in [0.25, 0.3) is 0 Å². The quantitative estimate of drug-likeness (QED) is 0.254. The van der Waals surface area contributed by atoms with Gasteiger partial charge in [0.15, 0.2) is 0 Å². The third kappa shape index (κ3) is 4.43. The minimum atomic E-state index is -0.804. The first-order valence-corrected chi connectivity index (χ1v) is 8.85. The van der Waals surface area contributed by atoms with Crippen LogP contribution in [0.15, 0.2) is 58.5 Å². The van der Waals surface area contributed by atoms with E-state index in [1.807, 2.05) is 0 Å². The number of hydrogen-bond acceptors (Lipinski definition) is 10. The van der Waals surface area contributed by atoms with Crippen molar-refractivity contribution in [3.8, 4) is 11.5 Å². The average Bonchev–Trinajstić information content (AvgIpc) is 2.73. The SMILES string of the molecule is Nc1cc(N)c(N=Cc2cccc([N+](=O)[O-])c2[O-])cc1N=Cc1cccc([N+](=O)[O-])c1[O-]. The van der Waals surface area contributed by atoms with Crippen LogP contribution < -0.4 is 21.7 Å². The predicted octanol–water partition coefficient (Wildman–Crippen LogP) is 2.32. The first-order valence-electron chi connectivity index (χ1n) is 8.85. The van der Waals surface area contributed by atoms with Gasteiger partial charge in [0.2, 0.25) is 0 Å². The van der Waals surface area contributed by atoms with Gasteiger partial charge in [-0.05, 0) is 34.8 Å². The summed E-state index contributed by atoms with van der Waals surface area (Å²) in [6, 6.07) is 10.3. The maximum atomic E-state index is 12.1. The van der Waals surface area contributed by atoms with Crippen LogP contribution in [0.2, 0.25) is 0 Å². The molecule has 4 N–H and O–H groups in total. The lowest BCUT2D eigenvalue weighted by Crippen LogP contribution is -2.01. The summed E-state index contributed by atoms with van der Waals surface area (Å²) in [4.78, 5) is 28.4. The Balaban J connectivity index is 1.96. The molecule has 0 bridgehead atoms. The number of para-hydroxylation sites is 2. The zero-order valence-electron chi connectivity index (χ0n) is 16.2. The fourth-order valence-electron chi connectivity index (χ4n) is 2.69. The van der Waals surface area contributed by atoms with Crippen molar-refractivity contribution in [1.29, 1.82) is 0 Å². The van der Waals surface area contributed by atoms with Crippen LogP contribution >= 0.6 is 0 Å². The second kappa shape index (κ2) is 8.79. The van der Waals surface area contributed by atoms with E-state index in [1.54, 1.807) is 0 Å². The van der Waals surface area contributed by atoms with E-state index in [1.165, 1.54) is 36.4 Å². The number of aliphatic imine (C=N–C) groups is 2. The molecule has 0 saturated heterocycles. The van der Waals surface area contributed by atoms with Crippen molar-refractivity contribution in [1.82, 2.24) is 0 Å². The molecule has 0 aromatic heterocycles. The molecule has 0 fully saturated rings. The number of nitro groups is 2. The molecule has 0 aliphatic rings. The van der Waals surface area contributed by atoms with Gasteiger partial charge >= 0.3 is 0 Å². The molecule has 0 unspecified atom stereocenters. The Labute approximate surface area is 180 Å². The van der Waals surface area contributed by atoms with E-state index in [9.17, 15) is 30.4 Å². The zero-order valence-corrected chi connectivity index (χ0v) is 16.2. The van der Waals surface area contributed by atoms with Gasteiger partial charge < -0.3 is 21.7 Å². The smallest absolute Gasteiger partial charge is 0.262 e. The number of nitrogens with zero attached hydrogens (tertiary/aromatic N) is 4. The molecule has 3 aromatic rings. The van der Waals surface area contributed by atoms with Gasteiger partial charge in [0.1, 0.15) is 0 Å². The van der Waals surface area contributed by atoms with Gasteiger partial charge in [0.25, 0.3) is 11.4 Å². The summed E-state index contributed by atoms with van der Waals surface area (Å²) in [5.41, 5.74) is 11.2. The Kier molecular flexibility index (Phi) is 5.96. The number of anilines is 2. The monoisotopic (exact) mass is 434 g/mol. The summed E-state index contributed by atoms with van der Waals surface area (Å²) in [6.45, 7) is 0. The van der Waals surface area contributed by atoms with Gasteiger partial charge in [-0.2, -0.15) is 0 Å². The first-order chi connectivity index (χ1) is 15.2. The van der Waals surface area contributed by atoms with E-state index in [0.29, 0.717) is 0 Å². The highest BCUT2D eigenvalue weighted by Gasteiger charge is 2.10. The van der Waals surface area contributed by atoms with E-state index in [4.69, 9.17) is 11.5 Å². The van der Waals surface area contributed by atoms with Crippen LogP contribution in [-0.4, -0.2) is 22.3 Å². The summed E-state index contributed by atoms with van der Waals surface area (Å²) >= 11 is 0. The Morgan fingerprint density at radius 2 is 1.12 bits per heavy atom. The van der Waals surface area contributed by atoms with Gasteiger partial charge in [0, 0.05) is 24.6 Å². The Morgan fingerprint density at radius 3 is 1.50 bits per heavy atom. The molecule has 3 rings (SSSR count). The molecule has 0 amide bonds. The van der Waals surface area contributed by atoms with E-state index in [2.05, 4.69) is 9.98 Å². The van der Waals surface area contributed by atoms with Crippen molar-refractivity contribution in [3.63, 3.8) is 0 Å². The topological polar surface area (TPSA) is 209 Å². The summed E-state index contributed by atoms with van der Waals surface area (Å²) in [5, 5.41) is 46.1. The second-order valence-electron chi connectivity index (χ2n) is 6.39. The van der Waals surface area contributed by atoms with Crippen molar-refractivity contribution in [2.75, 3.05) is 11.5 Å². The summed E-state index contributed by atoms with van der Waals surface area (Å²) in [7, 11) is 0. The lowest BCUT2D eigenvalue weighted by molar-refractivity contribution is -0.398. The van der Waals surface area contributed by atoms with Gasteiger partial charge in [0.05, 0.1) is 32.6 Å². The molecule has 0 atom stereocenters. The zero-order chi connectivity index (χ0) is 23.4. The van der Waals surface area contributed by atoms with E-state index >= 15 is 0 Å². The third-order valence-corrected chi connectivity index (χ3v) is 4.30. The Hall–Kier alpha value is -5.00. The maximum Gasteiger partial charge on any atom is 0.262 e. The molecular weight excluding hydrogens is 420 g/mol. The van der Waals surface area contributed by atoms with Gasteiger partial charge in [-0.1, -0.05) is 24.3 Å². The third-order valence-electron chi connectivity index (χ3n) is 4.30. The van der Waals surface area contributed by atoms with Crippen LogP contribution in [-0.2, 0) is 0 Å². The summed E-state index contributed by atoms with van der Waals surface area (Å²) < 4.78 is 0. The average molecular weight is 434 g/mol. The van der Waals surface area contributed by atoms with E-state index in [0.717, 1.165) is 24.6 Å². The molecule has 0 spiro atoms. The molecule has 3 aromatic carbocycles. The van der Waals surface area contributed by atoms with Crippen molar-refractivity contribution >= 4 is 46.6 Å². The molecular formula is C20H14N6O6-2. The molecule has 0 aliphatic carbocycles. The lowest BCUT2D eigenvalue weighted by Gasteiger charge is -2.11. The van der Waals surface area contributed by atoms with Crippen LogP contribution in [0.4, 0.5) is 34.1 Å². The van der Waals surface area contributed by atoms with Gasteiger partial charge in [-0.15, -0.1) is 0 Å². The molecule has 0 saturated carbocycles. The van der Waals surface area contributed by atoms with E-state index < -0.39 is 32.7 Å². The molecule has 162 valence electrons. The van der Waals surface area contributed by atoms with Crippen molar-refractivity contribution in [3.05, 3.63) is 79.9 Å². The Bertz CT molecular complexity index is 1190. The summed E-state index contributed by atoms with van der Waals surface area (Å²) in [6.07, 6.45) is 2.25. The van der Waals surface area contributed by atoms with Crippen molar-refractivity contribution < 1.29 is 20.1 Å². The van der Waals surface area contributed by atoms with Gasteiger partial charge in [-0.3, -0.25) is 30.2 Å². The second-order valence-corrected chi connectivity index (χ2v) is 6.39. The first kappa shape index (κ1) is 21.7.